The number of carbonyl (C=O) groups is 5. The molecule has 0 radical (unpaired) electrons. The van der Waals surface area contributed by atoms with Crippen molar-refractivity contribution in [3.63, 3.8) is 0 Å². The minimum Gasteiger partial charge on any atom is -0.451 e. The van der Waals surface area contributed by atoms with Crippen LogP contribution in [0.4, 0.5) is 4.79 Å². The van der Waals surface area contributed by atoms with Gasteiger partial charge in [0.1, 0.15) is 11.2 Å². The molecule has 170 valence electrons. The molecular formula is C23H22N4O6. The van der Waals surface area contributed by atoms with E-state index in [1.807, 2.05) is 0 Å². The summed E-state index contributed by atoms with van der Waals surface area (Å²) in [6.45, 7) is 1.95. The molecule has 1 aliphatic rings. The number of rotatable bonds is 7. The van der Waals surface area contributed by atoms with Crippen LogP contribution >= 0.6 is 0 Å². The van der Waals surface area contributed by atoms with Crippen LogP contribution in [0.2, 0.25) is 0 Å². The zero-order chi connectivity index (χ0) is 24.0. The van der Waals surface area contributed by atoms with Crippen molar-refractivity contribution in [2.75, 3.05) is 6.61 Å². The number of carbonyl (C=O) groups excluding carboxylic acids is 5. The lowest BCUT2D eigenvalue weighted by Crippen LogP contribution is -2.49. The molecule has 0 spiro atoms. The standard InChI is InChI=1S/C23H22N4O6/c1-15(28)24-18(13-16-9-5-3-6-10-16)20(30)33-14-19(29)26-27-21(31)23(2,25-22(27)32)17-11-7-4-8-12-17/h3-13H,14H2,1-2H3,(H,24,28)(H,25,32)(H,26,29)/b18-13+. The van der Waals surface area contributed by atoms with E-state index in [9.17, 15) is 24.0 Å². The first kappa shape index (κ1) is 23.2. The molecule has 1 heterocycles. The van der Waals surface area contributed by atoms with E-state index < -0.39 is 41.9 Å². The summed E-state index contributed by atoms with van der Waals surface area (Å²) in [6.07, 6.45) is 1.39. The molecule has 1 fully saturated rings. The Morgan fingerprint density at radius 3 is 2.24 bits per heavy atom. The molecule has 2 aromatic carbocycles. The van der Waals surface area contributed by atoms with Crippen molar-refractivity contribution in [3.8, 4) is 0 Å². The van der Waals surface area contributed by atoms with Crippen LogP contribution in [0.1, 0.15) is 25.0 Å². The second-order valence-corrected chi connectivity index (χ2v) is 7.32. The van der Waals surface area contributed by atoms with Gasteiger partial charge in [-0.3, -0.25) is 19.8 Å². The van der Waals surface area contributed by atoms with Crippen molar-refractivity contribution in [3.05, 3.63) is 77.5 Å². The zero-order valence-electron chi connectivity index (χ0n) is 18.0. The normalized spacial score (nSPS) is 17.9. The van der Waals surface area contributed by atoms with E-state index in [2.05, 4.69) is 16.1 Å². The minimum absolute atomic E-state index is 0.173. The zero-order valence-corrected chi connectivity index (χ0v) is 18.0. The summed E-state index contributed by atoms with van der Waals surface area (Å²) in [5, 5.41) is 5.44. The number of urea groups is 1. The molecule has 1 unspecified atom stereocenters. The Balaban J connectivity index is 1.64. The number of nitrogens with one attached hydrogen (secondary N) is 3. The molecule has 1 aliphatic heterocycles. The van der Waals surface area contributed by atoms with Crippen molar-refractivity contribution >= 4 is 35.8 Å². The SMILES string of the molecule is CC(=O)N/C(=C/c1ccccc1)C(=O)OCC(=O)NN1C(=O)NC(C)(c2ccccc2)C1=O. The van der Waals surface area contributed by atoms with Gasteiger partial charge < -0.3 is 15.4 Å². The molecule has 0 bridgehead atoms. The van der Waals surface area contributed by atoms with Gasteiger partial charge in [0.05, 0.1) is 0 Å². The molecule has 3 N–H and O–H groups in total. The largest absolute Gasteiger partial charge is 0.451 e. The first-order valence-electron chi connectivity index (χ1n) is 9.94. The lowest BCUT2D eigenvalue weighted by Gasteiger charge is -2.22. The number of hydrogen-bond acceptors (Lipinski definition) is 6. The van der Waals surface area contributed by atoms with Gasteiger partial charge in [0.25, 0.3) is 11.8 Å². The van der Waals surface area contributed by atoms with E-state index in [1.54, 1.807) is 60.7 Å². The van der Waals surface area contributed by atoms with Crippen LogP contribution in [0.25, 0.3) is 6.08 Å². The molecule has 0 saturated carbocycles. The molecule has 0 aromatic heterocycles. The van der Waals surface area contributed by atoms with Gasteiger partial charge in [-0.05, 0) is 24.1 Å². The molecule has 5 amide bonds. The van der Waals surface area contributed by atoms with E-state index in [4.69, 9.17) is 4.74 Å². The Morgan fingerprint density at radius 2 is 1.64 bits per heavy atom. The molecule has 33 heavy (non-hydrogen) atoms. The Kier molecular flexibility index (Phi) is 6.87. The van der Waals surface area contributed by atoms with Gasteiger partial charge in [-0.25, -0.2) is 9.59 Å². The molecule has 10 nitrogen and oxygen atoms in total. The highest BCUT2D eigenvalue weighted by atomic mass is 16.5. The fraction of sp³-hybridized carbons (Fsp3) is 0.174. The number of benzene rings is 2. The smallest absolute Gasteiger partial charge is 0.355 e. The van der Waals surface area contributed by atoms with Crippen LogP contribution in [-0.4, -0.2) is 41.3 Å². The second kappa shape index (κ2) is 9.77. The first-order valence-corrected chi connectivity index (χ1v) is 9.94. The van der Waals surface area contributed by atoms with Crippen molar-refractivity contribution in [1.82, 2.24) is 21.1 Å². The van der Waals surface area contributed by atoms with E-state index in [0.717, 1.165) is 0 Å². The maximum atomic E-state index is 12.8. The average molecular weight is 450 g/mol. The number of ether oxygens (including phenoxy) is 1. The third kappa shape index (κ3) is 5.42. The molecule has 1 atom stereocenters. The Labute approximate surface area is 189 Å². The van der Waals surface area contributed by atoms with E-state index in [-0.39, 0.29) is 5.70 Å². The molecule has 3 rings (SSSR count). The van der Waals surface area contributed by atoms with E-state index >= 15 is 0 Å². The lowest BCUT2D eigenvalue weighted by atomic mass is 9.92. The third-order valence-corrected chi connectivity index (χ3v) is 4.75. The van der Waals surface area contributed by atoms with Crippen molar-refractivity contribution in [2.45, 2.75) is 19.4 Å². The van der Waals surface area contributed by atoms with Crippen LogP contribution in [0, 0.1) is 0 Å². The quantitative estimate of drug-likeness (QED) is 0.330. The van der Waals surface area contributed by atoms with Gasteiger partial charge in [-0.15, -0.1) is 0 Å². The van der Waals surface area contributed by atoms with Crippen LogP contribution in [0.15, 0.2) is 66.4 Å². The van der Waals surface area contributed by atoms with Gasteiger partial charge in [0.15, 0.2) is 6.61 Å². The van der Waals surface area contributed by atoms with E-state index in [0.29, 0.717) is 16.1 Å². The summed E-state index contributed by atoms with van der Waals surface area (Å²) in [5.41, 5.74) is 1.77. The van der Waals surface area contributed by atoms with Crippen LogP contribution in [-0.2, 0) is 29.5 Å². The van der Waals surface area contributed by atoms with Gasteiger partial charge in [-0.2, -0.15) is 5.01 Å². The predicted octanol–water partition coefficient (Wildman–Crippen LogP) is 1.21. The Hall–Kier alpha value is -4.47. The van der Waals surface area contributed by atoms with Crippen LogP contribution in [0.3, 0.4) is 0 Å². The lowest BCUT2D eigenvalue weighted by molar-refractivity contribution is -0.148. The fourth-order valence-corrected chi connectivity index (χ4v) is 3.13. The number of amides is 5. The summed E-state index contributed by atoms with van der Waals surface area (Å²) in [5.74, 6) is -3.07. The maximum Gasteiger partial charge on any atom is 0.355 e. The van der Waals surface area contributed by atoms with Crippen LogP contribution in [0.5, 0.6) is 0 Å². The van der Waals surface area contributed by atoms with Gasteiger partial charge in [0, 0.05) is 6.92 Å². The molecular weight excluding hydrogens is 428 g/mol. The number of imide groups is 1. The molecule has 1 saturated heterocycles. The highest BCUT2D eigenvalue weighted by Gasteiger charge is 2.50. The van der Waals surface area contributed by atoms with Crippen molar-refractivity contribution < 1.29 is 28.7 Å². The predicted molar refractivity (Wildman–Crippen MR) is 117 cm³/mol. The average Bonchev–Trinajstić information content (AvgIpc) is 3.02. The number of nitrogens with zero attached hydrogens (tertiary/aromatic N) is 1. The number of hydrogen-bond donors (Lipinski definition) is 3. The summed E-state index contributed by atoms with van der Waals surface area (Å²) in [4.78, 5) is 61.2. The summed E-state index contributed by atoms with van der Waals surface area (Å²) in [6, 6.07) is 16.4. The van der Waals surface area contributed by atoms with Gasteiger partial charge in [0.2, 0.25) is 5.91 Å². The Morgan fingerprint density at radius 1 is 1.03 bits per heavy atom. The molecule has 10 heteroatoms. The van der Waals surface area contributed by atoms with Gasteiger partial charge in [-0.1, -0.05) is 60.7 Å². The minimum atomic E-state index is -1.36. The maximum absolute atomic E-state index is 12.8. The summed E-state index contributed by atoms with van der Waals surface area (Å²) < 4.78 is 4.95. The monoisotopic (exact) mass is 450 g/mol. The van der Waals surface area contributed by atoms with Crippen molar-refractivity contribution in [2.24, 2.45) is 0 Å². The van der Waals surface area contributed by atoms with Crippen molar-refractivity contribution in [1.29, 1.82) is 0 Å². The highest BCUT2D eigenvalue weighted by Crippen LogP contribution is 2.27. The molecule has 2 aromatic rings. The fourth-order valence-electron chi connectivity index (χ4n) is 3.13. The summed E-state index contributed by atoms with van der Waals surface area (Å²) in [7, 11) is 0. The number of hydrazine groups is 1. The van der Waals surface area contributed by atoms with Gasteiger partial charge >= 0.3 is 12.0 Å². The Bertz CT molecular complexity index is 1120. The first-order chi connectivity index (χ1) is 15.7. The highest BCUT2D eigenvalue weighted by molar-refractivity contribution is 6.08. The topological polar surface area (TPSA) is 134 Å². The summed E-state index contributed by atoms with van der Waals surface area (Å²) >= 11 is 0. The molecule has 0 aliphatic carbocycles. The second-order valence-electron chi connectivity index (χ2n) is 7.32. The number of esters is 1. The van der Waals surface area contributed by atoms with Crippen LogP contribution < -0.4 is 16.1 Å². The van der Waals surface area contributed by atoms with E-state index in [1.165, 1.54) is 19.9 Å². The third-order valence-electron chi connectivity index (χ3n) is 4.75.